The van der Waals surface area contributed by atoms with Crippen molar-refractivity contribution in [1.29, 1.82) is 0 Å². The molecule has 2 aliphatic heterocycles. The lowest BCUT2D eigenvalue weighted by atomic mass is 9.57. The topological polar surface area (TPSA) is 190 Å². The number of benzene rings is 1. The summed E-state index contributed by atoms with van der Waals surface area (Å²) in [5.74, 6) is -8.22. The van der Waals surface area contributed by atoms with E-state index in [4.69, 9.17) is 16.2 Å². The Morgan fingerprint density at radius 2 is 1.51 bits per heavy atom. The molecular formula is C23H22N4O8. The van der Waals surface area contributed by atoms with Gasteiger partial charge in [0, 0.05) is 5.92 Å². The highest BCUT2D eigenvalue weighted by atomic mass is 16.5. The van der Waals surface area contributed by atoms with Crippen molar-refractivity contribution in [3.05, 3.63) is 35.4 Å². The number of carbonyl (C=O) groups excluding carboxylic acids is 6. The summed E-state index contributed by atoms with van der Waals surface area (Å²) in [6, 6.07) is 2.15. The number of hydrogen-bond acceptors (Lipinski definition) is 8. The number of nitrogens with zero attached hydrogens (tertiary/aromatic N) is 2. The van der Waals surface area contributed by atoms with E-state index in [1.807, 2.05) is 0 Å². The fraction of sp³-hybridized carbons (Fsp3) is 0.391. The predicted molar refractivity (Wildman–Crippen MR) is 115 cm³/mol. The first-order valence-electron chi connectivity index (χ1n) is 11.0. The number of carbonyl (C=O) groups is 6. The standard InChI is InChI=1S/C23H22N4O8/c1-35-14-5-2-8(6-13(14)28)15-9-3-4-10-16(20(31)26(18(10)29)22(24)33)11(9)7-12-17(15)21(32)27(19(12)30)23(25)34/h2-3,5-6,10-12,15-17,28H,4,7H2,1H3,(H2,24,33)(H2,25,34)/t10-,11+,12+,15-,16-,17+/m0/s1. The van der Waals surface area contributed by atoms with Crippen molar-refractivity contribution in [2.24, 2.45) is 41.1 Å². The summed E-state index contributed by atoms with van der Waals surface area (Å²) in [6.07, 6.45) is 1.88. The Kier molecular flexibility index (Phi) is 4.93. The van der Waals surface area contributed by atoms with Crippen molar-refractivity contribution in [1.82, 2.24) is 9.80 Å². The fourth-order valence-corrected chi connectivity index (χ4v) is 6.30. The van der Waals surface area contributed by atoms with Gasteiger partial charge in [0.05, 0.1) is 30.8 Å². The second kappa shape index (κ2) is 7.65. The van der Waals surface area contributed by atoms with Gasteiger partial charge in [0.2, 0.25) is 23.6 Å². The number of methoxy groups -OCH3 is 1. The summed E-state index contributed by atoms with van der Waals surface area (Å²) in [6.45, 7) is 0. The molecule has 1 aromatic carbocycles. The van der Waals surface area contributed by atoms with Crippen LogP contribution in [0.25, 0.3) is 0 Å². The molecular weight excluding hydrogens is 460 g/mol. The predicted octanol–water partition coefficient (Wildman–Crippen LogP) is 0.194. The molecule has 2 heterocycles. The zero-order chi connectivity index (χ0) is 25.3. The van der Waals surface area contributed by atoms with Crippen molar-refractivity contribution in [2.75, 3.05) is 7.11 Å². The molecule has 0 unspecified atom stereocenters. The van der Waals surface area contributed by atoms with Crippen molar-refractivity contribution in [3.63, 3.8) is 0 Å². The Labute approximate surface area is 198 Å². The normalized spacial score (nSPS) is 31.6. The van der Waals surface area contributed by atoms with E-state index in [9.17, 15) is 33.9 Å². The van der Waals surface area contributed by atoms with E-state index in [0.717, 1.165) is 0 Å². The van der Waals surface area contributed by atoms with E-state index >= 15 is 0 Å². The minimum absolute atomic E-state index is 0.0102. The maximum atomic E-state index is 13.2. The molecule has 8 amide bonds. The van der Waals surface area contributed by atoms with Gasteiger partial charge in [-0.05, 0) is 36.5 Å². The van der Waals surface area contributed by atoms with Crippen LogP contribution >= 0.6 is 0 Å². The zero-order valence-electron chi connectivity index (χ0n) is 18.5. The Bertz CT molecular complexity index is 1260. The number of ether oxygens (including phenoxy) is 1. The number of nitrogens with two attached hydrogens (primary N) is 2. The number of urea groups is 2. The van der Waals surface area contributed by atoms with Crippen LogP contribution < -0.4 is 16.2 Å². The number of imide groups is 6. The van der Waals surface area contributed by atoms with Gasteiger partial charge in [-0.3, -0.25) is 19.2 Å². The van der Waals surface area contributed by atoms with Crippen molar-refractivity contribution in [3.8, 4) is 11.5 Å². The highest BCUT2D eigenvalue weighted by Gasteiger charge is 2.63. The molecule has 182 valence electrons. The lowest BCUT2D eigenvalue weighted by Gasteiger charge is -2.44. The number of rotatable bonds is 2. The van der Waals surface area contributed by atoms with Gasteiger partial charge < -0.3 is 21.3 Å². The van der Waals surface area contributed by atoms with Gasteiger partial charge >= 0.3 is 12.1 Å². The van der Waals surface area contributed by atoms with Crippen molar-refractivity contribution < 1.29 is 38.6 Å². The molecule has 5 rings (SSSR count). The third-order valence-electron chi connectivity index (χ3n) is 7.65. The smallest absolute Gasteiger partial charge is 0.328 e. The molecule has 0 aromatic heterocycles. The maximum absolute atomic E-state index is 13.2. The SMILES string of the molecule is COc1ccc([C@H]2C3=CC[C@@H]4C(=O)N(C(N)=O)C(=O)[C@@H]4[C@@H]3C[C@H]3C(=O)N(C(N)=O)C(=O)[C@@H]23)cc1O. The van der Waals surface area contributed by atoms with Crippen LogP contribution in [0.15, 0.2) is 29.8 Å². The molecule has 1 aromatic rings. The highest BCUT2D eigenvalue weighted by Crippen LogP contribution is 2.58. The van der Waals surface area contributed by atoms with Gasteiger partial charge in [0.1, 0.15) is 0 Å². The number of aromatic hydroxyl groups is 1. The number of likely N-dealkylation sites (tertiary alicyclic amines) is 2. The second-order valence-electron chi connectivity index (χ2n) is 9.16. The number of phenols is 1. The van der Waals surface area contributed by atoms with E-state index in [1.165, 1.54) is 19.2 Å². The summed E-state index contributed by atoms with van der Waals surface area (Å²) >= 11 is 0. The second-order valence-corrected chi connectivity index (χ2v) is 9.16. The van der Waals surface area contributed by atoms with Crippen LogP contribution in [0, 0.1) is 29.6 Å². The first kappa shape index (κ1) is 22.6. The van der Waals surface area contributed by atoms with Gasteiger partial charge in [-0.25, -0.2) is 9.59 Å². The molecule has 5 N–H and O–H groups in total. The molecule has 12 heteroatoms. The molecule has 3 fully saturated rings. The summed E-state index contributed by atoms with van der Waals surface area (Å²) in [5, 5.41) is 10.4. The van der Waals surface area contributed by atoms with Crippen LogP contribution in [-0.4, -0.2) is 57.7 Å². The minimum Gasteiger partial charge on any atom is -0.504 e. The van der Waals surface area contributed by atoms with Gasteiger partial charge in [0.25, 0.3) is 0 Å². The first-order valence-corrected chi connectivity index (χ1v) is 11.0. The molecule has 0 bridgehead atoms. The summed E-state index contributed by atoms with van der Waals surface area (Å²) in [4.78, 5) is 76.8. The number of hydrogen-bond donors (Lipinski definition) is 3. The minimum atomic E-state index is -1.20. The lowest BCUT2D eigenvalue weighted by Crippen LogP contribution is -2.44. The molecule has 2 aliphatic carbocycles. The largest absolute Gasteiger partial charge is 0.504 e. The Morgan fingerprint density at radius 3 is 2.09 bits per heavy atom. The van der Waals surface area contributed by atoms with E-state index in [-0.39, 0.29) is 24.3 Å². The summed E-state index contributed by atoms with van der Waals surface area (Å²) < 4.78 is 5.10. The van der Waals surface area contributed by atoms with Crippen LogP contribution in [-0.2, 0) is 19.2 Å². The maximum Gasteiger partial charge on any atom is 0.328 e. The van der Waals surface area contributed by atoms with Crippen LogP contribution in [0.4, 0.5) is 9.59 Å². The Hall–Kier alpha value is -4.22. The quantitative estimate of drug-likeness (QED) is 0.393. The van der Waals surface area contributed by atoms with Crippen LogP contribution in [0.2, 0.25) is 0 Å². The molecule has 12 nitrogen and oxygen atoms in total. The van der Waals surface area contributed by atoms with E-state index in [1.54, 1.807) is 12.1 Å². The van der Waals surface area contributed by atoms with E-state index in [2.05, 4.69) is 0 Å². The fourth-order valence-electron chi connectivity index (χ4n) is 6.30. The van der Waals surface area contributed by atoms with E-state index in [0.29, 0.717) is 20.9 Å². The summed E-state index contributed by atoms with van der Waals surface area (Å²) in [5.41, 5.74) is 11.7. The first-order chi connectivity index (χ1) is 16.6. The third-order valence-corrected chi connectivity index (χ3v) is 7.65. The molecule has 1 saturated carbocycles. The molecule has 35 heavy (non-hydrogen) atoms. The van der Waals surface area contributed by atoms with Crippen LogP contribution in [0.5, 0.6) is 11.5 Å². The monoisotopic (exact) mass is 482 g/mol. The number of primary amides is 2. The molecule has 2 saturated heterocycles. The number of fused-ring (bicyclic) bond motifs is 4. The molecule has 0 spiro atoms. The molecule has 4 aliphatic rings. The number of amides is 8. The number of phenolic OH excluding ortho intramolecular Hbond substituents is 1. The zero-order valence-corrected chi connectivity index (χ0v) is 18.5. The van der Waals surface area contributed by atoms with Gasteiger partial charge in [-0.2, -0.15) is 9.80 Å². The number of allylic oxidation sites excluding steroid dienone is 2. The lowest BCUT2D eigenvalue weighted by molar-refractivity contribution is -0.138. The summed E-state index contributed by atoms with van der Waals surface area (Å²) in [7, 11) is 1.38. The van der Waals surface area contributed by atoms with Crippen molar-refractivity contribution in [2.45, 2.75) is 18.8 Å². The average molecular weight is 482 g/mol. The van der Waals surface area contributed by atoms with E-state index < -0.39 is 71.2 Å². The third kappa shape index (κ3) is 2.98. The van der Waals surface area contributed by atoms with Crippen molar-refractivity contribution >= 4 is 35.7 Å². The molecule has 0 radical (unpaired) electrons. The van der Waals surface area contributed by atoms with Gasteiger partial charge in [-0.1, -0.05) is 17.7 Å². The molecule has 6 atom stereocenters. The van der Waals surface area contributed by atoms with Crippen LogP contribution in [0.1, 0.15) is 24.3 Å². The van der Waals surface area contributed by atoms with Gasteiger partial charge in [-0.15, -0.1) is 0 Å². The Morgan fingerprint density at radius 1 is 0.914 bits per heavy atom. The Balaban J connectivity index is 1.66. The highest BCUT2D eigenvalue weighted by molar-refractivity contribution is 6.18. The average Bonchev–Trinajstić information content (AvgIpc) is 3.21. The van der Waals surface area contributed by atoms with Crippen LogP contribution in [0.3, 0.4) is 0 Å². The van der Waals surface area contributed by atoms with Gasteiger partial charge in [0.15, 0.2) is 11.5 Å².